The van der Waals surface area contributed by atoms with E-state index in [1.807, 2.05) is 13.0 Å². The first-order valence-corrected chi connectivity index (χ1v) is 10.1. The van der Waals surface area contributed by atoms with Crippen LogP contribution in [-0.2, 0) is 9.53 Å². The highest BCUT2D eigenvalue weighted by Gasteiger charge is 2.12. The summed E-state index contributed by atoms with van der Waals surface area (Å²) < 4.78 is 5.58. The minimum absolute atomic E-state index is 0.112. The second-order valence-electron chi connectivity index (χ2n) is 7.12. The summed E-state index contributed by atoms with van der Waals surface area (Å²) >= 11 is 0. The van der Waals surface area contributed by atoms with Gasteiger partial charge in [0.2, 0.25) is 0 Å². The lowest BCUT2D eigenvalue weighted by molar-refractivity contribution is -0.148. The third-order valence-corrected chi connectivity index (χ3v) is 5.00. The molecule has 3 aromatic rings. The van der Waals surface area contributed by atoms with Crippen LogP contribution in [0.25, 0.3) is 22.3 Å². The van der Waals surface area contributed by atoms with Crippen LogP contribution in [-0.4, -0.2) is 5.97 Å². The van der Waals surface area contributed by atoms with Gasteiger partial charge in [-0.15, -0.1) is 0 Å². The topological polar surface area (TPSA) is 26.3 Å². The molecule has 0 N–H and O–H groups in total. The van der Waals surface area contributed by atoms with Crippen molar-refractivity contribution >= 4 is 5.97 Å². The Morgan fingerprint density at radius 1 is 0.786 bits per heavy atom. The molecule has 0 bridgehead atoms. The van der Waals surface area contributed by atoms with Crippen LogP contribution in [0.3, 0.4) is 0 Å². The quantitative estimate of drug-likeness (QED) is 0.308. The molecule has 0 radical (unpaired) electrons. The van der Waals surface area contributed by atoms with E-state index in [0.717, 1.165) is 30.4 Å². The Labute approximate surface area is 168 Å². The summed E-state index contributed by atoms with van der Waals surface area (Å²) in [5.41, 5.74) is 5.79. The van der Waals surface area contributed by atoms with Gasteiger partial charge in [-0.25, -0.2) is 0 Å². The van der Waals surface area contributed by atoms with Gasteiger partial charge in [-0.3, -0.25) is 4.79 Å². The van der Waals surface area contributed by atoms with Gasteiger partial charge >= 0.3 is 5.97 Å². The van der Waals surface area contributed by atoms with Gasteiger partial charge in [0.25, 0.3) is 0 Å². The van der Waals surface area contributed by atoms with Crippen LogP contribution in [0.2, 0.25) is 0 Å². The molecule has 0 saturated heterocycles. The third kappa shape index (κ3) is 5.10. The molecule has 1 unspecified atom stereocenters. The standard InChI is InChI=1S/C26H28O2/c1-3-4-6-15-26(27)28-20(2)21-16-18-23(19-17-21)25-14-10-9-13-24(25)22-11-7-5-8-12-22/h5,7-14,16-20H,3-4,6,15H2,1-2H3. The summed E-state index contributed by atoms with van der Waals surface area (Å²) in [4.78, 5) is 12.0. The Hall–Kier alpha value is -2.87. The largest absolute Gasteiger partial charge is 0.458 e. The van der Waals surface area contributed by atoms with Crippen molar-refractivity contribution in [2.24, 2.45) is 0 Å². The summed E-state index contributed by atoms with van der Waals surface area (Å²) in [7, 11) is 0. The van der Waals surface area contributed by atoms with E-state index in [9.17, 15) is 4.79 Å². The molecule has 28 heavy (non-hydrogen) atoms. The molecule has 1 atom stereocenters. The van der Waals surface area contributed by atoms with Crippen LogP contribution in [0.15, 0.2) is 78.9 Å². The first kappa shape index (κ1) is 19.9. The molecule has 0 heterocycles. The summed E-state index contributed by atoms with van der Waals surface area (Å²) in [5.74, 6) is -0.112. The molecule has 0 aromatic heterocycles. The van der Waals surface area contributed by atoms with Gasteiger partial charge in [0.1, 0.15) is 6.10 Å². The third-order valence-electron chi connectivity index (χ3n) is 5.00. The average Bonchev–Trinajstić information content (AvgIpc) is 2.74. The van der Waals surface area contributed by atoms with E-state index >= 15 is 0 Å². The molecule has 2 nitrogen and oxygen atoms in total. The number of benzene rings is 3. The number of unbranched alkanes of at least 4 members (excludes halogenated alkanes) is 2. The second kappa shape index (κ2) is 9.89. The molecule has 2 heteroatoms. The summed E-state index contributed by atoms with van der Waals surface area (Å²) in [5, 5.41) is 0. The predicted molar refractivity (Wildman–Crippen MR) is 116 cm³/mol. The van der Waals surface area contributed by atoms with E-state index in [4.69, 9.17) is 4.74 Å². The Bertz CT molecular complexity index is 882. The predicted octanol–water partition coefficient (Wildman–Crippen LogP) is 7.21. The van der Waals surface area contributed by atoms with Gasteiger partial charge in [-0.1, -0.05) is 98.6 Å². The highest BCUT2D eigenvalue weighted by molar-refractivity contribution is 5.83. The maximum Gasteiger partial charge on any atom is 0.306 e. The van der Waals surface area contributed by atoms with Crippen molar-refractivity contribution in [1.29, 1.82) is 0 Å². The monoisotopic (exact) mass is 372 g/mol. The molecule has 0 aliphatic carbocycles. The summed E-state index contributed by atoms with van der Waals surface area (Å²) in [6.45, 7) is 4.07. The zero-order chi connectivity index (χ0) is 19.8. The van der Waals surface area contributed by atoms with E-state index in [-0.39, 0.29) is 12.1 Å². The van der Waals surface area contributed by atoms with Crippen molar-refractivity contribution in [2.75, 3.05) is 0 Å². The molecule has 0 spiro atoms. The minimum atomic E-state index is -0.229. The van der Waals surface area contributed by atoms with Gasteiger partial charge < -0.3 is 4.74 Å². The molecule has 0 amide bonds. The molecule has 0 saturated carbocycles. The van der Waals surface area contributed by atoms with Gasteiger partial charge in [-0.2, -0.15) is 0 Å². The molecule has 3 rings (SSSR count). The van der Waals surface area contributed by atoms with Crippen molar-refractivity contribution in [1.82, 2.24) is 0 Å². The maximum atomic E-state index is 12.0. The van der Waals surface area contributed by atoms with Crippen molar-refractivity contribution < 1.29 is 9.53 Å². The van der Waals surface area contributed by atoms with Crippen LogP contribution in [0.4, 0.5) is 0 Å². The van der Waals surface area contributed by atoms with Gasteiger partial charge in [-0.05, 0) is 41.2 Å². The fourth-order valence-electron chi connectivity index (χ4n) is 3.38. The SMILES string of the molecule is CCCCCC(=O)OC(C)c1ccc(-c2ccccc2-c2ccccc2)cc1. The highest BCUT2D eigenvalue weighted by Crippen LogP contribution is 2.32. The molecular formula is C26H28O2. The number of esters is 1. The van der Waals surface area contributed by atoms with E-state index in [2.05, 4.69) is 79.7 Å². The van der Waals surface area contributed by atoms with Crippen molar-refractivity contribution in [3.8, 4) is 22.3 Å². The fraction of sp³-hybridized carbons (Fsp3) is 0.269. The normalized spacial score (nSPS) is 11.8. The van der Waals surface area contributed by atoms with Crippen molar-refractivity contribution in [2.45, 2.75) is 45.6 Å². The van der Waals surface area contributed by atoms with Crippen LogP contribution in [0.5, 0.6) is 0 Å². The molecule has 0 fully saturated rings. The van der Waals surface area contributed by atoms with Gasteiger partial charge in [0.15, 0.2) is 0 Å². The molecule has 144 valence electrons. The van der Waals surface area contributed by atoms with E-state index in [1.54, 1.807) is 0 Å². The molecule has 0 aliphatic rings. The maximum absolute atomic E-state index is 12.0. The number of carbonyl (C=O) groups is 1. The van der Waals surface area contributed by atoms with Crippen LogP contribution >= 0.6 is 0 Å². The van der Waals surface area contributed by atoms with Crippen LogP contribution in [0, 0.1) is 0 Å². The molecular weight excluding hydrogens is 344 g/mol. The Kier molecular flexibility index (Phi) is 7.02. The first-order valence-electron chi connectivity index (χ1n) is 10.1. The lowest BCUT2D eigenvalue weighted by Gasteiger charge is -2.15. The molecule has 3 aromatic carbocycles. The number of hydrogen-bond donors (Lipinski definition) is 0. The number of carbonyl (C=O) groups excluding carboxylic acids is 1. The highest BCUT2D eigenvalue weighted by atomic mass is 16.5. The number of hydrogen-bond acceptors (Lipinski definition) is 2. The number of ether oxygens (including phenoxy) is 1. The summed E-state index contributed by atoms with van der Waals surface area (Å²) in [6, 6.07) is 27.2. The van der Waals surface area contributed by atoms with Crippen molar-refractivity contribution in [3.63, 3.8) is 0 Å². The van der Waals surface area contributed by atoms with Crippen LogP contribution < -0.4 is 0 Å². The van der Waals surface area contributed by atoms with E-state index in [0.29, 0.717) is 6.42 Å². The smallest absolute Gasteiger partial charge is 0.306 e. The van der Waals surface area contributed by atoms with E-state index in [1.165, 1.54) is 16.7 Å². The van der Waals surface area contributed by atoms with Crippen LogP contribution in [0.1, 0.15) is 51.2 Å². The van der Waals surface area contributed by atoms with Crippen molar-refractivity contribution in [3.05, 3.63) is 84.4 Å². The molecule has 0 aliphatic heterocycles. The average molecular weight is 373 g/mol. The van der Waals surface area contributed by atoms with Gasteiger partial charge in [0, 0.05) is 6.42 Å². The minimum Gasteiger partial charge on any atom is -0.458 e. The zero-order valence-electron chi connectivity index (χ0n) is 16.7. The first-order chi connectivity index (χ1) is 13.7. The summed E-state index contributed by atoms with van der Waals surface area (Å²) in [6.07, 6.45) is 3.35. The Morgan fingerprint density at radius 3 is 1.96 bits per heavy atom. The number of rotatable bonds is 8. The lowest BCUT2D eigenvalue weighted by atomic mass is 9.94. The Morgan fingerprint density at radius 2 is 1.36 bits per heavy atom. The van der Waals surface area contributed by atoms with E-state index < -0.39 is 0 Å². The lowest BCUT2D eigenvalue weighted by Crippen LogP contribution is -2.08. The fourth-order valence-corrected chi connectivity index (χ4v) is 3.38. The van der Waals surface area contributed by atoms with Gasteiger partial charge in [0.05, 0.1) is 0 Å². The Balaban J connectivity index is 1.74. The zero-order valence-corrected chi connectivity index (χ0v) is 16.7. The second-order valence-corrected chi connectivity index (χ2v) is 7.12.